The fraction of sp³-hybridized carbons (Fsp3) is 0.353. The summed E-state index contributed by atoms with van der Waals surface area (Å²) in [5.41, 5.74) is 2.55. The molecule has 1 aromatic heterocycles. The van der Waals surface area contributed by atoms with Crippen molar-refractivity contribution in [2.75, 3.05) is 19.8 Å². The molecule has 3 heterocycles. The van der Waals surface area contributed by atoms with E-state index in [1.807, 2.05) is 17.0 Å². The minimum absolute atomic E-state index is 0.129. The topological polar surface area (TPSA) is 38.8 Å². The van der Waals surface area contributed by atoms with Crippen LogP contribution in [0.1, 0.15) is 22.0 Å². The number of ether oxygens (including phenoxy) is 2. The molecule has 2 aromatic rings. The lowest BCUT2D eigenvalue weighted by atomic mass is 9.96. The second-order valence-electron chi connectivity index (χ2n) is 5.60. The van der Waals surface area contributed by atoms with Crippen molar-refractivity contribution in [3.05, 3.63) is 45.6 Å². The van der Waals surface area contributed by atoms with Gasteiger partial charge in [0.1, 0.15) is 13.2 Å². The molecule has 0 spiro atoms. The van der Waals surface area contributed by atoms with Crippen LogP contribution < -0.4 is 9.47 Å². The molecule has 1 atom stereocenters. The molecule has 4 rings (SSSR count). The predicted octanol–water partition coefficient (Wildman–Crippen LogP) is 2.82. The van der Waals surface area contributed by atoms with Crippen molar-refractivity contribution in [3.8, 4) is 11.5 Å². The lowest BCUT2D eigenvalue weighted by Gasteiger charge is -2.33. The molecule has 0 radical (unpaired) electrons. The molecular formula is C17H17NO3S. The summed E-state index contributed by atoms with van der Waals surface area (Å²) in [6.07, 6.45) is 2.74. The zero-order chi connectivity index (χ0) is 14.9. The van der Waals surface area contributed by atoms with Gasteiger partial charge in [-0.25, -0.2) is 0 Å². The first-order valence-electron chi connectivity index (χ1n) is 7.51. The zero-order valence-corrected chi connectivity index (χ0v) is 13.0. The maximum Gasteiger partial charge on any atom is 0.210 e. The van der Waals surface area contributed by atoms with Crippen molar-refractivity contribution >= 4 is 17.7 Å². The fourth-order valence-corrected chi connectivity index (χ4v) is 4.25. The summed E-state index contributed by atoms with van der Waals surface area (Å²) in [4.78, 5) is 14.6. The molecule has 2 aliphatic heterocycles. The smallest absolute Gasteiger partial charge is 0.210 e. The predicted molar refractivity (Wildman–Crippen MR) is 84.7 cm³/mol. The summed E-state index contributed by atoms with van der Waals surface area (Å²) in [6, 6.07) is 8.38. The van der Waals surface area contributed by atoms with Crippen LogP contribution in [-0.2, 0) is 17.6 Å². The third-order valence-electron chi connectivity index (χ3n) is 4.29. The van der Waals surface area contributed by atoms with E-state index in [0.29, 0.717) is 13.2 Å². The van der Waals surface area contributed by atoms with Gasteiger partial charge in [0.2, 0.25) is 6.41 Å². The second kappa shape index (κ2) is 5.65. The number of hydrogen-bond acceptors (Lipinski definition) is 4. The minimum atomic E-state index is 0.129. The molecule has 0 saturated carbocycles. The van der Waals surface area contributed by atoms with Gasteiger partial charge in [-0.05, 0) is 47.5 Å². The van der Waals surface area contributed by atoms with Crippen LogP contribution >= 0.6 is 11.3 Å². The second-order valence-corrected chi connectivity index (χ2v) is 6.55. The third-order valence-corrected chi connectivity index (χ3v) is 5.35. The highest BCUT2D eigenvalue weighted by molar-refractivity contribution is 7.10. The molecule has 5 heteroatoms. The van der Waals surface area contributed by atoms with Crippen molar-refractivity contribution in [3.63, 3.8) is 0 Å². The van der Waals surface area contributed by atoms with E-state index < -0.39 is 0 Å². The highest BCUT2D eigenvalue weighted by Crippen LogP contribution is 2.37. The normalized spacial score (nSPS) is 19.6. The molecule has 1 aromatic carbocycles. The first-order valence-corrected chi connectivity index (χ1v) is 8.39. The molecule has 0 bridgehead atoms. The van der Waals surface area contributed by atoms with Gasteiger partial charge in [0.05, 0.1) is 6.04 Å². The van der Waals surface area contributed by atoms with E-state index in [4.69, 9.17) is 9.47 Å². The van der Waals surface area contributed by atoms with Gasteiger partial charge in [-0.1, -0.05) is 6.07 Å². The lowest BCUT2D eigenvalue weighted by Crippen LogP contribution is -2.34. The van der Waals surface area contributed by atoms with Crippen LogP contribution in [0.15, 0.2) is 29.6 Å². The first kappa shape index (κ1) is 13.6. The summed E-state index contributed by atoms with van der Waals surface area (Å²) >= 11 is 1.74. The number of amides is 1. The van der Waals surface area contributed by atoms with Gasteiger partial charge in [0, 0.05) is 11.4 Å². The number of nitrogens with zero attached hydrogens (tertiary/aromatic N) is 1. The van der Waals surface area contributed by atoms with E-state index in [9.17, 15) is 4.79 Å². The van der Waals surface area contributed by atoms with E-state index in [-0.39, 0.29) is 6.04 Å². The van der Waals surface area contributed by atoms with Crippen molar-refractivity contribution in [2.24, 2.45) is 0 Å². The van der Waals surface area contributed by atoms with Crippen LogP contribution in [0.5, 0.6) is 11.5 Å². The molecule has 0 aliphatic carbocycles. The van der Waals surface area contributed by atoms with Crippen LogP contribution in [-0.4, -0.2) is 31.1 Å². The van der Waals surface area contributed by atoms with Crippen molar-refractivity contribution in [1.82, 2.24) is 4.90 Å². The maximum atomic E-state index is 11.4. The largest absolute Gasteiger partial charge is 0.486 e. The van der Waals surface area contributed by atoms with E-state index in [0.717, 1.165) is 37.3 Å². The number of hydrogen-bond donors (Lipinski definition) is 0. The van der Waals surface area contributed by atoms with Crippen LogP contribution in [0, 0.1) is 0 Å². The van der Waals surface area contributed by atoms with E-state index in [1.165, 1.54) is 16.0 Å². The minimum Gasteiger partial charge on any atom is -0.486 e. The molecule has 0 fully saturated rings. The molecule has 1 amide bonds. The quantitative estimate of drug-likeness (QED) is 0.818. The van der Waals surface area contributed by atoms with Crippen LogP contribution in [0.25, 0.3) is 0 Å². The Balaban J connectivity index is 1.63. The third kappa shape index (κ3) is 2.35. The molecule has 0 N–H and O–H groups in total. The van der Waals surface area contributed by atoms with Gasteiger partial charge in [0.15, 0.2) is 11.5 Å². The fourth-order valence-electron chi connectivity index (χ4n) is 3.18. The van der Waals surface area contributed by atoms with Crippen LogP contribution in [0.3, 0.4) is 0 Å². The maximum absolute atomic E-state index is 11.4. The number of carbonyl (C=O) groups is 1. The molecule has 114 valence electrons. The van der Waals surface area contributed by atoms with Crippen LogP contribution in [0.4, 0.5) is 0 Å². The van der Waals surface area contributed by atoms with Crippen molar-refractivity contribution in [1.29, 1.82) is 0 Å². The Bertz CT molecular complexity index is 697. The molecular weight excluding hydrogens is 298 g/mol. The highest BCUT2D eigenvalue weighted by atomic mass is 32.1. The Kier molecular flexibility index (Phi) is 3.50. The number of benzene rings is 1. The van der Waals surface area contributed by atoms with Gasteiger partial charge in [-0.2, -0.15) is 0 Å². The monoisotopic (exact) mass is 315 g/mol. The Morgan fingerprint density at radius 1 is 1.23 bits per heavy atom. The number of carbonyl (C=O) groups excluding carboxylic acids is 1. The summed E-state index contributed by atoms with van der Waals surface area (Å²) in [5.74, 6) is 1.62. The van der Waals surface area contributed by atoms with Gasteiger partial charge >= 0.3 is 0 Å². The van der Waals surface area contributed by atoms with E-state index in [2.05, 4.69) is 17.5 Å². The van der Waals surface area contributed by atoms with Crippen molar-refractivity contribution < 1.29 is 14.3 Å². The summed E-state index contributed by atoms with van der Waals surface area (Å²) in [7, 11) is 0. The SMILES string of the molecule is O=CN1CCc2ccsc2C1Cc1ccc2c(c1)OCCO2. The number of rotatable bonds is 3. The first-order chi connectivity index (χ1) is 10.8. The molecule has 0 saturated heterocycles. The summed E-state index contributed by atoms with van der Waals surface area (Å²) in [6.45, 7) is 1.99. The highest BCUT2D eigenvalue weighted by Gasteiger charge is 2.28. The Labute approximate surface area is 133 Å². The molecule has 4 nitrogen and oxygen atoms in total. The van der Waals surface area contributed by atoms with E-state index in [1.54, 1.807) is 11.3 Å². The average molecular weight is 315 g/mol. The average Bonchev–Trinajstić information content (AvgIpc) is 3.04. The summed E-state index contributed by atoms with van der Waals surface area (Å²) < 4.78 is 11.2. The van der Waals surface area contributed by atoms with E-state index >= 15 is 0 Å². The van der Waals surface area contributed by atoms with Gasteiger partial charge in [0.25, 0.3) is 0 Å². The molecule has 22 heavy (non-hydrogen) atoms. The van der Waals surface area contributed by atoms with Gasteiger partial charge in [-0.15, -0.1) is 11.3 Å². The molecule has 2 aliphatic rings. The molecule has 1 unspecified atom stereocenters. The number of thiophene rings is 1. The Hall–Kier alpha value is -2.01. The van der Waals surface area contributed by atoms with Crippen molar-refractivity contribution in [2.45, 2.75) is 18.9 Å². The lowest BCUT2D eigenvalue weighted by molar-refractivity contribution is -0.120. The summed E-state index contributed by atoms with van der Waals surface area (Å²) in [5, 5.41) is 2.12. The van der Waals surface area contributed by atoms with Crippen LogP contribution in [0.2, 0.25) is 0 Å². The van der Waals surface area contributed by atoms with Gasteiger partial charge in [-0.3, -0.25) is 4.79 Å². The Morgan fingerprint density at radius 2 is 2.09 bits per heavy atom. The Morgan fingerprint density at radius 3 is 2.95 bits per heavy atom. The standard InChI is InChI=1S/C17H17NO3S/c19-11-18-5-3-13-4-8-22-17(13)14(18)9-12-1-2-15-16(10-12)21-7-6-20-15/h1-2,4,8,10-11,14H,3,5-7,9H2. The van der Waals surface area contributed by atoms with Gasteiger partial charge < -0.3 is 14.4 Å². The zero-order valence-electron chi connectivity index (χ0n) is 12.2. The number of fused-ring (bicyclic) bond motifs is 2.